The lowest BCUT2D eigenvalue weighted by Gasteiger charge is -2.12. The summed E-state index contributed by atoms with van der Waals surface area (Å²) in [6.45, 7) is 2.96. The normalized spacial score (nSPS) is 13.4. The van der Waals surface area contributed by atoms with Crippen molar-refractivity contribution >= 4 is 28.7 Å². The van der Waals surface area contributed by atoms with Crippen LogP contribution in [0.3, 0.4) is 0 Å². The topological polar surface area (TPSA) is 96.2 Å². The van der Waals surface area contributed by atoms with Gasteiger partial charge in [-0.3, -0.25) is 9.78 Å². The van der Waals surface area contributed by atoms with Gasteiger partial charge in [-0.05, 0) is 25.3 Å². The molecule has 0 aliphatic heterocycles. The Morgan fingerprint density at radius 2 is 2.14 bits per heavy atom. The monoisotopic (exact) mass is 397 g/mol. The molecule has 3 heterocycles. The predicted molar refractivity (Wildman–Crippen MR) is 110 cm³/mol. The summed E-state index contributed by atoms with van der Waals surface area (Å²) in [5.74, 6) is -0.425. The Morgan fingerprint density at radius 1 is 1.28 bits per heavy atom. The highest BCUT2D eigenvalue weighted by Gasteiger charge is 2.24. The quantitative estimate of drug-likeness (QED) is 0.477. The smallest absolute Gasteiger partial charge is 0.276 e. The lowest BCUT2D eigenvalue weighted by molar-refractivity contribution is 0.102. The van der Waals surface area contributed by atoms with E-state index in [4.69, 9.17) is 0 Å². The number of rotatable bonds is 9. The standard InChI is InChI=1S/C20H24FN7O/c1-2-3-4-8-23-18-10-16(25-13-5-6-13)19-24-12-17(28(19)27-18)20(29)26-15-7-9-22-11-14(15)21/h7,9-13,25H,2-6,8H2,1H3,(H,23,27)(H,22,26,29). The second kappa shape index (κ2) is 8.42. The zero-order chi connectivity index (χ0) is 20.2. The maximum absolute atomic E-state index is 13.9. The summed E-state index contributed by atoms with van der Waals surface area (Å²) in [6, 6.07) is 3.76. The molecule has 1 saturated carbocycles. The lowest BCUT2D eigenvalue weighted by Crippen LogP contribution is -2.17. The highest BCUT2D eigenvalue weighted by atomic mass is 19.1. The molecule has 3 N–H and O–H groups in total. The Kier molecular flexibility index (Phi) is 5.55. The molecule has 3 aromatic heterocycles. The van der Waals surface area contributed by atoms with E-state index in [2.05, 4.69) is 37.9 Å². The van der Waals surface area contributed by atoms with Gasteiger partial charge < -0.3 is 16.0 Å². The summed E-state index contributed by atoms with van der Waals surface area (Å²) >= 11 is 0. The number of nitrogens with one attached hydrogen (secondary N) is 3. The third-order valence-corrected chi connectivity index (χ3v) is 4.74. The van der Waals surface area contributed by atoms with Crippen LogP contribution in [0, 0.1) is 5.82 Å². The summed E-state index contributed by atoms with van der Waals surface area (Å²) < 4.78 is 15.4. The van der Waals surface area contributed by atoms with Crippen molar-refractivity contribution in [2.24, 2.45) is 0 Å². The van der Waals surface area contributed by atoms with Gasteiger partial charge in [0.1, 0.15) is 5.82 Å². The number of carbonyl (C=O) groups excluding carboxylic acids is 1. The Hall–Kier alpha value is -3.23. The van der Waals surface area contributed by atoms with E-state index in [1.54, 1.807) is 0 Å². The van der Waals surface area contributed by atoms with Gasteiger partial charge in [-0.2, -0.15) is 0 Å². The number of halogens is 1. The van der Waals surface area contributed by atoms with Crippen molar-refractivity contribution < 1.29 is 9.18 Å². The first kappa shape index (κ1) is 19.1. The van der Waals surface area contributed by atoms with E-state index >= 15 is 0 Å². The number of pyridine rings is 1. The zero-order valence-electron chi connectivity index (χ0n) is 16.3. The van der Waals surface area contributed by atoms with E-state index in [1.807, 2.05) is 6.07 Å². The number of unbranched alkanes of at least 4 members (excludes halogenated alkanes) is 2. The summed E-state index contributed by atoms with van der Waals surface area (Å²) in [6.07, 6.45) is 9.47. The van der Waals surface area contributed by atoms with Gasteiger partial charge in [0.2, 0.25) is 0 Å². The first-order valence-electron chi connectivity index (χ1n) is 9.95. The van der Waals surface area contributed by atoms with Crippen molar-refractivity contribution in [3.05, 3.63) is 42.2 Å². The summed E-state index contributed by atoms with van der Waals surface area (Å²) in [4.78, 5) is 20.8. The van der Waals surface area contributed by atoms with Crippen LogP contribution in [0.2, 0.25) is 0 Å². The van der Waals surface area contributed by atoms with Gasteiger partial charge in [0.05, 0.1) is 23.8 Å². The fourth-order valence-electron chi connectivity index (χ4n) is 3.02. The van der Waals surface area contributed by atoms with Gasteiger partial charge in [-0.1, -0.05) is 19.8 Å². The highest BCUT2D eigenvalue weighted by Crippen LogP contribution is 2.28. The minimum Gasteiger partial charge on any atom is -0.379 e. The van der Waals surface area contributed by atoms with Crippen LogP contribution in [0.4, 0.5) is 21.6 Å². The van der Waals surface area contributed by atoms with Crippen LogP contribution in [0.15, 0.2) is 30.7 Å². The number of anilines is 3. The summed E-state index contributed by atoms with van der Waals surface area (Å²) in [5, 5.41) is 13.9. The van der Waals surface area contributed by atoms with E-state index in [0.717, 1.165) is 50.5 Å². The van der Waals surface area contributed by atoms with Crippen LogP contribution in [0.1, 0.15) is 49.5 Å². The van der Waals surface area contributed by atoms with Gasteiger partial charge in [0, 0.05) is 24.8 Å². The van der Waals surface area contributed by atoms with Gasteiger partial charge in [-0.15, -0.1) is 5.10 Å². The minimum absolute atomic E-state index is 0.0603. The molecule has 0 radical (unpaired) electrons. The van der Waals surface area contributed by atoms with Crippen LogP contribution in [-0.2, 0) is 0 Å². The molecule has 9 heteroatoms. The van der Waals surface area contributed by atoms with E-state index in [-0.39, 0.29) is 11.4 Å². The molecule has 0 saturated heterocycles. The third-order valence-electron chi connectivity index (χ3n) is 4.74. The molecule has 1 fully saturated rings. The fourth-order valence-corrected chi connectivity index (χ4v) is 3.02. The number of nitrogens with zero attached hydrogens (tertiary/aromatic N) is 4. The van der Waals surface area contributed by atoms with Gasteiger partial charge in [0.15, 0.2) is 17.2 Å². The van der Waals surface area contributed by atoms with Crippen molar-refractivity contribution in [3.8, 4) is 0 Å². The Balaban J connectivity index is 1.63. The molecule has 0 spiro atoms. The molecule has 1 aliphatic carbocycles. The molecule has 4 rings (SSSR count). The second-order valence-corrected chi connectivity index (χ2v) is 7.18. The predicted octanol–water partition coefficient (Wildman–Crippen LogP) is 3.69. The van der Waals surface area contributed by atoms with Crippen LogP contribution >= 0.6 is 0 Å². The zero-order valence-corrected chi connectivity index (χ0v) is 16.3. The molecular weight excluding hydrogens is 373 g/mol. The van der Waals surface area contributed by atoms with Crippen molar-refractivity contribution in [1.29, 1.82) is 0 Å². The maximum atomic E-state index is 13.9. The number of aromatic nitrogens is 4. The minimum atomic E-state index is -0.600. The number of fused-ring (bicyclic) bond motifs is 1. The average Bonchev–Trinajstić information content (AvgIpc) is 3.42. The summed E-state index contributed by atoms with van der Waals surface area (Å²) in [7, 11) is 0. The third kappa shape index (κ3) is 4.44. The molecule has 3 aromatic rings. The largest absolute Gasteiger partial charge is 0.379 e. The molecule has 8 nitrogen and oxygen atoms in total. The van der Waals surface area contributed by atoms with E-state index in [1.165, 1.54) is 23.0 Å². The van der Waals surface area contributed by atoms with Gasteiger partial charge in [-0.25, -0.2) is 13.9 Å². The Labute approximate surface area is 167 Å². The van der Waals surface area contributed by atoms with Crippen molar-refractivity contribution in [1.82, 2.24) is 19.6 Å². The number of imidazole rings is 1. The average molecular weight is 397 g/mol. The first-order chi connectivity index (χ1) is 14.2. The molecule has 0 atom stereocenters. The molecule has 0 unspecified atom stereocenters. The highest BCUT2D eigenvalue weighted by molar-refractivity contribution is 6.03. The van der Waals surface area contributed by atoms with Gasteiger partial charge >= 0.3 is 0 Å². The molecule has 1 amide bonds. The van der Waals surface area contributed by atoms with Crippen molar-refractivity contribution in [2.75, 3.05) is 22.5 Å². The SMILES string of the molecule is CCCCCNc1cc(NC2CC2)c2ncc(C(=O)Nc3ccncc3F)n2n1. The fraction of sp³-hybridized carbons (Fsp3) is 0.400. The Bertz CT molecular complexity index is 1020. The number of amides is 1. The van der Waals surface area contributed by atoms with Crippen LogP contribution in [0.25, 0.3) is 5.65 Å². The number of hydrogen-bond donors (Lipinski definition) is 3. The molecule has 0 bridgehead atoms. The van der Waals surface area contributed by atoms with Crippen molar-refractivity contribution in [2.45, 2.75) is 45.1 Å². The number of carbonyl (C=O) groups is 1. The molecular formula is C20H24FN7O. The molecule has 152 valence electrons. The van der Waals surface area contributed by atoms with Crippen molar-refractivity contribution in [3.63, 3.8) is 0 Å². The summed E-state index contributed by atoms with van der Waals surface area (Å²) in [5.41, 5.74) is 1.68. The lowest BCUT2D eigenvalue weighted by atomic mass is 10.2. The maximum Gasteiger partial charge on any atom is 0.276 e. The van der Waals surface area contributed by atoms with Gasteiger partial charge in [0.25, 0.3) is 5.91 Å². The molecule has 0 aromatic carbocycles. The van der Waals surface area contributed by atoms with Crippen LogP contribution in [0.5, 0.6) is 0 Å². The molecule has 29 heavy (non-hydrogen) atoms. The van der Waals surface area contributed by atoms with Crippen LogP contribution < -0.4 is 16.0 Å². The number of hydrogen-bond acceptors (Lipinski definition) is 6. The molecule has 1 aliphatic rings. The van der Waals surface area contributed by atoms with E-state index in [9.17, 15) is 9.18 Å². The Morgan fingerprint density at radius 3 is 2.90 bits per heavy atom. The van der Waals surface area contributed by atoms with E-state index < -0.39 is 11.7 Å². The van der Waals surface area contributed by atoms with E-state index in [0.29, 0.717) is 17.5 Å². The van der Waals surface area contributed by atoms with Crippen LogP contribution in [-0.4, -0.2) is 38.1 Å². The first-order valence-corrected chi connectivity index (χ1v) is 9.95. The second-order valence-electron chi connectivity index (χ2n) is 7.18.